The van der Waals surface area contributed by atoms with Gasteiger partial charge in [-0.2, -0.15) is 4.31 Å². The summed E-state index contributed by atoms with van der Waals surface area (Å²) in [4.78, 5) is 13.9. The fourth-order valence-electron chi connectivity index (χ4n) is 3.12. The van der Waals surface area contributed by atoms with Crippen LogP contribution >= 0.6 is 0 Å². The monoisotopic (exact) mass is 417 g/mol. The van der Waals surface area contributed by atoms with Crippen molar-refractivity contribution in [1.29, 1.82) is 0 Å². The molecule has 0 radical (unpaired) electrons. The van der Waals surface area contributed by atoms with E-state index in [0.29, 0.717) is 12.1 Å². The van der Waals surface area contributed by atoms with Crippen molar-refractivity contribution in [3.8, 4) is 0 Å². The smallest absolute Gasteiger partial charge is 0.243 e. The standard InChI is InChI=1S/C21H27N3O4S/c1-3-21(25)22-18-6-10-20(11-7-18)29(26,27)23(2)16-17-4-8-19(9-5-17)24-12-14-28-15-13-24/h4-11H,3,12-16H2,1-2H3,(H,22,25). The molecule has 1 N–H and O–H groups in total. The van der Waals surface area contributed by atoms with Crippen molar-refractivity contribution in [2.24, 2.45) is 0 Å². The van der Waals surface area contributed by atoms with Gasteiger partial charge in [-0.3, -0.25) is 4.79 Å². The number of ether oxygens (including phenoxy) is 1. The number of sulfonamides is 1. The minimum absolute atomic E-state index is 0.113. The highest BCUT2D eigenvalue weighted by molar-refractivity contribution is 7.89. The maximum atomic E-state index is 12.9. The average Bonchev–Trinajstić information content (AvgIpc) is 2.75. The zero-order chi connectivity index (χ0) is 20.9. The van der Waals surface area contributed by atoms with E-state index in [2.05, 4.69) is 10.2 Å². The van der Waals surface area contributed by atoms with E-state index in [-0.39, 0.29) is 17.3 Å². The van der Waals surface area contributed by atoms with Gasteiger partial charge in [0.2, 0.25) is 15.9 Å². The van der Waals surface area contributed by atoms with Crippen molar-refractivity contribution in [3.05, 3.63) is 54.1 Å². The van der Waals surface area contributed by atoms with E-state index >= 15 is 0 Å². The van der Waals surface area contributed by atoms with Crippen LogP contribution in [0.1, 0.15) is 18.9 Å². The molecule has 156 valence electrons. The Morgan fingerprint density at radius 1 is 1.07 bits per heavy atom. The normalized spacial score (nSPS) is 14.8. The third-order valence-electron chi connectivity index (χ3n) is 4.89. The zero-order valence-electron chi connectivity index (χ0n) is 16.8. The second-order valence-corrected chi connectivity index (χ2v) is 9.00. The lowest BCUT2D eigenvalue weighted by Crippen LogP contribution is -2.36. The van der Waals surface area contributed by atoms with Crippen LogP contribution in [0.4, 0.5) is 11.4 Å². The van der Waals surface area contributed by atoms with E-state index in [0.717, 1.165) is 37.6 Å². The molecule has 0 bridgehead atoms. The summed E-state index contributed by atoms with van der Waals surface area (Å²) in [6.45, 7) is 5.22. The van der Waals surface area contributed by atoms with Gasteiger partial charge >= 0.3 is 0 Å². The molecule has 29 heavy (non-hydrogen) atoms. The number of carbonyl (C=O) groups excluding carboxylic acids is 1. The summed E-state index contributed by atoms with van der Waals surface area (Å²) in [7, 11) is -2.06. The maximum absolute atomic E-state index is 12.9. The van der Waals surface area contributed by atoms with Crippen LogP contribution in [0, 0.1) is 0 Å². The zero-order valence-corrected chi connectivity index (χ0v) is 17.6. The van der Waals surface area contributed by atoms with Crippen molar-refractivity contribution >= 4 is 27.3 Å². The maximum Gasteiger partial charge on any atom is 0.243 e. The van der Waals surface area contributed by atoms with Gasteiger partial charge in [-0.1, -0.05) is 19.1 Å². The molecular weight excluding hydrogens is 390 g/mol. The fraction of sp³-hybridized carbons (Fsp3) is 0.381. The first-order chi connectivity index (χ1) is 13.9. The summed E-state index contributed by atoms with van der Waals surface area (Å²) in [6, 6.07) is 14.2. The third-order valence-corrected chi connectivity index (χ3v) is 6.70. The van der Waals surface area contributed by atoms with E-state index in [1.165, 1.54) is 16.4 Å². The van der Waals surface area contributed by atoms with Crippen molar-refractivity contribution in [1.82, 2.24) is 4.31 Å². The first kappa shape index (κ1) is 21.3. The highest BCUT2D eigenvalue weighted by Crippen LogP contribution is 2.21. The van der Waals surface area contributed by atoms with Gasteiger partial charge in [-0.15, -0.1) is 0 Å². The third kappa shape index (κ3) is 5.35. The lowest BCUT2D eigenvalue weighted by Gasteiger charge is -2.29. The van der Waals surface area contributed by atoms with Gasteiger partial charge in [0.05, 0.1) is 18.1 Å². The van der Waals surface area contributed by atoms with E-state index in [9.17, 15) is 13.2 Å². The molecule has 1 fully saturated rings. The SMILES string of the molecule is CCC(=O)Nc1ccc(S(=O)(=O)N(C)Cc2ccc(N3CCOCC3)cc2)cc1. The van der Waals surface area contributed by atoms with Crippen molar-refractivity contribution in [2.45, 2.75) is 24.8 Å². The largest absolute Gasteiger partial charge is 0.378 e. The van der Waals surface area contributed by atoms with E-state index in [1.807, 2.05) is 24.3 Å². The van der Waals surface area contributed by atoms with Crippen LogP contribution in [0.2, 0.25) is 0 Å². The van der Waals surface area contributed by atoms with Gasteiger partial charge in [-0.25, -0.2) is 8.42 Å². The molecule has 3 rings (SSSR count). The van der Waals surface area contributed by atoms with E-state index in [1.54, 1.807) is 26.1 Å². The molecule has 1 saturated heterocycles. The predicted octanol–water partition coefficient (Wildman–Crippen LogP) is 2.69. The number of rotatable bonds is 7. The summed E-state index contributed by atoms with van der Waals surface area (Å²) in [5.41, 5.74) is 2.62. The molecule has 0 spiro atoms. The summed E-state index contributed by atoms with van der Waals surface area (Å²) in [5, 5.41) is 2.71. The fourth-order valence-corrected chi connectivity index (χ4v) is 4.27. The molecule has 2 aromatic rings. The molecule has 1 aliphatic rings. The van der Waals surface area contributed by atoms with E-state index < -0.39 is 10.0 Å². The molecule has 7 nitrogen and oxygen atoms in total. The number of hydrogen-bond acceptors (Lipinski definition) is 5. The minimum atomic E-state index is -3.62. The van der Waals surface area contributed by atoms with Gasteiger partial charge in [0.15, 0.2) is 0 Å². The summed E-state index contributed by atoms with van der Waals surface area (Å²) in [5.74, 6) is -0.113. The topological polar surface area (TPSA) is 79.0 Å². The quantitative estimate of drug-likeness (QED) is 0.749. The molecule has 8 heteroatoms. The molecule has 0 aliphatic carbocycles. The number of amides is 1. The number of nitrogens with zero attached hydrogens (tertiary/aromatic N) is 2. The molecule has 2 aromatic carbocycles. The molecule has 0 aromatic heterocycles. The Balaban J connectivity index is 1.65. The molecule has 1 amide bonds. The average molecular weight is 418 g/mol. The Morgan fingerprint density at radius 2 is 1.69 bits per heavy atom. The van der Waals surface area contributed by atoms with Gasteiger partial charge in [0.1, 0.15) is 0 Å². The Kier molecular flexibility index (Phi) is 6.89. The summed E-state index contributed by atoms with van der Waals surface area (Å²) >= 11 is 0. The van der Waals surface area contributed by atoms with Crippen LogP contribution in [0.5, 0.6) is 0 Å². The first-order valence-corrected chi connectivity index (χ1v) is 11.1. The molecule has 1 heterocycles. The molecule has 0 unspecified atom stereocenters. The number of hydrogen-bond donors (Lipinski definition) is 1. The Hall–Kier alpha value is -2.42. The van der Waals surface area contributed by atoms with Gasteiger partial charge in [0.25, 0.3) is 0 Å². The van der Waals surface area contributed by atoms with Gasteiger partial charge in [0, 0.05) is 44.5 Å². The second kappa shape index (κ2) is 9.39. The number of morpholine rings is 1. The van der Waals surface area contributed by atoms with Gasteiger partial charge in [-0.05, 0) is 42.0 Å². The van der Waals surface area contributed by atoms with Gasteiger partial charge < -0.3 is 15.0 Å². The first-order valence-electron chi connectivity index (χ1n) is 9.68. The van der Waals surface area contributed by atoms with Crippen LogP contribution in [0.3, 0.4) is 0 Å². The number of carbonyl (C=O) groups is 1. The number of nitrogens with one attached hydrogen (secondary N) is 1. The predicted molar refractivity (Wildman–Crippen MR) is 113 cm³/mol. The van der Waals surface area contributed by atoms with Crippen LogP contribution in [-0.4, -0.2) is 52.0 Å². The lowest BCUT2D eigenvalue weighted by atomic mass is 10.2. The molecule has 0 saturated carbocycles. The number of anilines is 2. The minimum Gasteiger partial charge on any atom is -0.378 e. The second-order valence-electron chi connectivity index (χ2n) is 6.95. The van der Waals surface area contributed by atoms with Crippen molar-refractivity contribution in [3.63, 3.8) is 0 Å². The summed E-state index contributed by atoms with van der Waals surface area (Å²) < 4.78 is 32.4. The molecule has 1 aliphatic heterocycles. The Morgan fingerprint density at radius 3 is 2.28 bits per heavy atom. The van der Waals surface area contributed by atoms with Crippen molar-refractivity contribution < 1.29 is 17.9 Å². The molecular formula is C21H27N3O4S. The highest BCUT2D eigenvalue weighted by Gasteiger charge is 2.21. The van der Waals surface area contributed by atoms with Crippen LogP contribution in [0.15, 0.2) is 53.4 Å². The Bertz CT molecular complexity index is 921. The highest BCUT2D eigenvalue weighted by atomic mass is 32.2. The van der Waals surface area contributed by atoms with Crippen LogP contribution in [-0.2, 0) is 26.1 Å². The van der Waals surface area contributed by atoms with Crippen LogP contribution in [0.25, 0.3) is 0 Å². The summed E-state index contributed by atoms with van der Waals surface area (Å²) in [6.07, 6.45) is 0.368. The molecule has 0 atom stereocenters. The van der Waals surface area contributed by atoms with Crippen LogP contribution < -0.4 is 10.2 Å². The lowest BCUT2D eigenvalue weighted by molar-refractivity contribution is -0.115. The Labute approximate surface area is 172 Å². The van der Waals surface area contributed by atoms with Crippen molar-refractivity contribution in [2.75, 3.05) is 43.6 Å². The number of benzene rings is 2. The van der Waals surface area contributed by atoms with E-state index in [4.69, 9.17) is 4.74 Å².